The number of aromatic nitrogens is 2. The third kappa shape index (κ3) is 3.36. The molecule has 1 heterocycles. The van der Waals surface area contributed by atoms with E-state index in [4.69, 9.17) is 4.52 Å². The molecule has 0 spiro atoms. The summed E-state index contributed by atoms with van der Waals surface area (Å²) in [6.07, 6.45) is -4.37. The first-order chi connectivity index (χ1) is 9.38. The van der Waals surface area contributed by atoms with Crippen LogP contribution in [0.1, 0.15) is 35.8 Å². The Morgan fingerprint density at radius 2 is 2.00 bits per heavy atom. The van der Waals surface area contributed by atoms with Crippen molar-refractivity contribution in [2.24, 2.45) is 0 Å². The van der Waals surface area contributed by atoms with Crippen LogP contribution in [0.4, 0.5) is 13.2 Å². The molecule has 108 valence electrons. The smallest absolute Gasteiger partial charge is 0.338 e. The molecule has 0 aliphatic heterocycles. The molecule has 0 bridgehead atoms. The second kappa shape index (κ2) is 5.62. The van der Waals surface area contributed by atoms with Gasteiger partial charge in [0, 0.05) is 6.04 Å². The first-order valence-corrected chi connectivity index (χ1v) is 6.06. The van der Waals surface area contributed by atoms with Gasteiger partial charge in [-0.1, -0.05) is 23.4 Å². The minimum Gasteiger partial charge on any atom is -0.338 e. The van der Waals surface area contributed by atoms with Crippen molar-refractivity contribution in [1.29, 1.82) is 0 Å². The molecule has 1 unspecified atom stereocenters. The molecule has 0 aliphatic rings. The average Bonchev–Trinajstić information content (AvgIpc) is 2.81. The van der Waals surface area contributed by atoms with Crippen LogP contribution in [0.15, 0.2) is 28.8 Å². The van der Waals surface area contributed by atoms with Gasteiger partial charge in [0.15, 0.2) is 5.82 Å². The van der Waals surface area contributed by atoms with Crippen molar-refractivity contribution in [3.8, 4) is 0 Å². The summed E-state index contributed by atoms with van der Waals surface area (Å²) < 4.78 is 43.6. The molecule has 0 amide bonds. The number of benzene rings is 1. The van der Waals surface area contributed by atoms with Crippen LogP contribution in [-0.2, 0) is 12.7 Å². The summed E-state index contributed by atoms with van der Waals surface area (Å²) in [6.45, 7) is 3.55. The molecule has 1 aromatic carbocycles. The number of hydrogen-bond acceptors (Lipinski definition) is 4. The predicted octanol–water partition coefficient (Wildman–Crippen LogP) is 3.25. The fourth-order valence-electron chi connectivity index (χ4n) is 1.89. The van der Waals surface area contributed by atoms with Crippen molar-refractivity contribution in [2.75, 3.05) is 0 Å². The molecule has 0 saturated heterocycles. The van der Waals surface area contributed by atoms with Gasteiger partial charge < -0.3 is 9.84 Å². The summed E-state index contributed by atoms with van der Waals surface area (Å²) in [5.41, 5.74) is -0.446. The van der Waals surface area contributed by atoms with E-state index in [1.54, 1.807) is 19.9 Å². The maximum Gasteiger partial charge on any atom is 0.416 e. The van der Waals surface area contributed by atoms with E-state index in [9.17, 15) is 13.2 Å². The zero-order chi connectivity index (χ0) is 14.8. The number of rotatable bonds is 4. The van der Waals surface area contributed by atoms with Crippen LogP contribution in [-0.4, -0.2) is 10.1 Å². The van der Waals surface area contributed by atoms with Crippen LogP contribution in [0.2, 0.25) is 0 Å². The minimum absolute atomic E-state index is 0.191. The Morgan fingerprint density at radius 1 is 1.30 bits per heavy atom. The third-order valence-electron chi connectivity index (χ3n) is 2.86. The van der Waals surface area contributed by atoms with Gasteiger partial charge >= 0.3 is 6.18 Å². The van der Waals surface area contributed by atoms with Crippen LogP contribution in [0.25, 0.3) is 0 Å². The monoisotopic (exact) mass is 285 g/mol. The van der Waals surface area contributed by atoms with Gasteiger partial charge in [0.05, 0.1) is 12.1 Å². The summed E-state index contributed by atoms with van der Waals surface area (Å²) in [7, 11) is 0. The molecule has 2 rings (SSSR count). The molecule has 0 aliphatic carbocycles. The summed E-state index contributed by atoms with van der Waals surface area (Å²) in [6, 6.07) is 5.00. The molecule has 1 atom stereocenters. The Hall–Kier alpha value is -1.89. The number of aryl methyl sites for hydroxylation is 1. The maximum atomic E-state index is 12.9. The summed E-state index contributed by atoms with van der Waals surface area (Å²) >= 11 is 0. The van der Waals surface area contributed by atoms with Crippen molar-refractivity contribution in [1.82, 2.24) is 15.5 Å². The molecular weight excluding hydrogens is 271 g/mol. The minimum atomic E-state index is -4.37. The first kappa shape index (κ1) is 14.5. The quantitative estimate of drug-likeness (QED) is 0.937. The number of hydrogen-bond donors (Lipinski definition) is 1. The Labute approximate surface area is 114 Å². The van der Waals surface area contributed by atoms with Gasteiger partial charge in [-0.15, -0.1) is 0 Å². The molecule has 20 heavy (non-hydrogen) atoms. The van der Waals surface area contributed by atoms with Crippen molar-refractivity contribution < 1.29 is 17.7 Å². The van der Waals surface area contributed by atoms with Gasteiger partial charge in [0.25, 0.3) is 0 Å². The molecule has 7 heteroatoms. The SMILES string of the molecule is Cc1noc(CNC(C)c2ccccc2C(F)(F)F)n1. The second-order valence-corrected chi connectivity index (χ2v) is 4.42. The molecule has 4 nitrogen and oxygen atoms in total. The van der Waals surface area contributed by atoms with Crippen LogP contribution in [0.5, 0.6) is 0 Å². The van der Waals surface area contributed by atoms with Crippen LogP contribution in [0.3, 0.4) is 0 Å². The van der Waals surface area contributed by atoms with Gasteiger partial charge in [-0.25, -0.2) is 0 Å². The van der Waals surface area contributed by atoms with Crippen LogP contribution >= 0.6 is 0 Å². The Bertz CT molecular complexity index is 580. The molecule has 0 radical (unpaired) electrons. The standard InChI is InChI=1S/C13H14F3N3O/c1-8(17-7-12-18-9(2)19-20-12)10-5-3-4-6-11(10)13(14,15)16/h3-6,8,17H,7H2,1-2H3. The first-order valence-electron chi connectivity index (χ1n) is 6.06. The Morgan fingerprint density at radius 3 is 2.60 bits per heavy atom. The predicted molar refractivity (Wildman–Crippen MR) is 65.7 cm³/mol. The lowest BCUT2D eigenvalue weighted by molar-refractivity contribution is -0.138. The van der Waals surface area contributed by atoms with Gasteiger partial charge in [-0.05, 0) is 25.5 Å². The van der Waals surface area contributed by atoms with Gasteiger partial charge in [0.1, 0.15) is 0 Å². The van der Waals surface area contributed by atoms with E-state index in [2.05, 4.69) is 15.5 Å². The highest BCUT2D eigenvalue weighted by molar-refractivity contribution is 5.32. The number of nitrogens with zero attached hydrogens (tertiary/aromatic N) is 2. The third-order valence-corrected chi connectivity index (χ3v) is 2.86. The zero-order valence-electron chi connectivity index (χ0n) is 11.0. The van der Waals surface area contributed by atoms with E-state index in [-0.39, 0.29) is 12.1 Å². The van der Waals surface area contributed by atoms with E-state index in [0.29, 0.717) is 11.7 Å². The van der Waals surface area contributed by atoms with E-state index in [0.717, 1.165) is 6.07 Å². The van der Waals surface area contributed by atoms with Gasteiger partial charge in [0.2, 0.25) is 5.89 Å². The zero-order valence-corrected chi connectivity index (χ0v) is 11.0. The Kier molecular flexibility index (Phi) is 4.08. The van der Waals surface area contributed by atoms with E-state index in [1.807, 2.05) is 0 Å². The highest BCUT2D eigenvalue weighted by Crippen LogP contribution is 2.34. The van der Waals surface area contributed by atoms with Crippen LogP contribution in [0, 0.1) is 6.92 Å². The molecule has 0 fully saturated rings. The largest absolute Gasteiger partial charge is 0.416 e. The summed E-state index contributed by atoms with van der Waals surface area (Å²) in [4.78, 5) is 3.98. The lowest BCUT2D eigenvalue weighted by Gasteiger charge is -2.18. The normalized spacial score (nSPS) is 13.4. The molecular formula is C13H14F3N3O. The lowest BCUT2D eigenvalue weighted by Crippen LogP contribution is -2.21. The molecule has 2 aromatic rings. The molecule has 0 saturated carbocycles. The van der Waals surface area contributed by atoms with E-state index < -0.39 is 17.8 Å². The van der Waals surface area contributed by atoms with Crippen molar-refractivity contribution >= 4 is 0 Å². The number of halogens is 3. The summed E-state index contributed by atoms with van der Waals surface area (Å²) in [5.74, 6) is 0.837. The highest BCUT2D eigenvalue weighted by atomic mass is 19.4. The molecule has 1 aromatic heterocycles. The fraction of sp³-hybridized carbons (Fsp3) is 0.385. The fourth-order valence-corrected chi connectivity index (χ4v) is 1.89. The van der Waals surface area contributed by atoms with Crippen LogP contribution < -0.4 is 5.32 Å². The van der Waals surface area contributed by atoms with Crippen molar-refractivity contribution in [3.05, 3.63) is 47.1 Å². The topological polar surface area (TPSA) is 51.0 Å². The van der Waals surface area contributed by atoms with E-state index in [1.165, 1.54) is 12.1 Å². The van der Waals surface area contributed by atoms with Gasteiger partial charge in [-0.2, -0.15) is 18.2 Å². The Balaban J connectivity index is 2.11. The van der Waals surface area contributed by atoms with E-state index >= 15 is 0 Å². The average molecular weight is 285 g/mol. The summed E-state index contributed by atoms with van der Waals surface area (Å²) in [5, 5.41) is 6.56. The second-order valence-electron chi connectivity index (χ2n) is 4.42. The van der Waals surface area contributed by atoms with Crippen molar-refractivity contribution in [2.45, 2.75) is 32.6 Å². The highest BCUT2D eigenvalue weighted by Gasteiger charge is 2.34. The molecule has 1 N–H and O–H groups in total. The lowest BCUT2D eigenvalue weighted by atomic mass is 10.0. The number of alkyl halides is 3. The van der Waals surface area contributed by atoms with Crippen molar-refractivity contribution in [3.63, 3.8) is 0 Å². The maximum absolute atomic E-state index is 12.9. The van der Waals surface area contributed by atoms with Gasteiger partial charge in [-0.3, -0.25) is 0 Å². The number of nitrogens with one attached hydrogen (secondary N) is 1.